The molecule has 0 aliphatic carbocycles. The molecule has 1 aliphatic rings. The zero-order valence-corrected chi connectivity index (χ0v) is 9.29. The van der Waals surface area contributed by atoms with E-state index in [2.05, 4.69) is 0 Å². The smallest absolute Gasteiger partial charge is 0.237 e. The van der Waals surface area contributed by atoms with Crippen LogP contribution in [0.15, 0.2) is 0 Å². The first kappa shape index (κ1) is 11.8. The molecule has 1 aliphatic heterocycles. The van der Waals surface area contributed by atoms with E-state index in [1.165, 1.54) is 0 Å². The lowest BCUT2D eigenvalue weighted by molar-refractivity contribution is -0.128. The van der Waals surface area contributed by atoms with Crippen LogP contribution in [0.5, 0.6) is 0 Å². The molecule has 14 heavy (non-hydrogen) atoms. The van der Waals surface area contributed by atoms with Gasteiger partial charge < -0.3 is 14.4 Å². The van der Waals surface area contributed by atoms with Crippen LogP contribution in [0, 0.1) is 0 Å². The number of likely N-dealkylation sites (tertiary alicyclic amines) is 1. The number of rotatable bonds is 4. The van der Waals surface area contributed by atoms with Crippen molar-refractivity contribution in [2.45, 2.75) is 19.1 Å². The minimum Gasteiger partial charge on any atom is -0.377 e. The van der Waals surface area contributed by atoms with E-state index in [1.54, 1.807) is 12.0 Å². The van der Waals surface area contributed by atoms with Crippen LogP contribution in [0.1, 0.15) is 6.92 Å². The molecule has 2 atom stereocenters. The Hall–Kier alpha value is -0.320. The van der Waals surface area contributed by atoms with Crippen molar-refractivity contribution >= 4 is 17.5 Å². The SMILES string of the molecule is CCO[C@@H]1CN(C(=O)CCl)C[C@H]1OC. The van der Waals surface area contributed by atoms with Gasteiger partial charge in [-0.1, -0.05) is 0 Å². The van der Waals surface area contributed by atoms with Gasteiger partial charge in [0, 0.05) is 26.8 Å². The maximum absolute atomic E-state index is 11.3. The Labute approximate surface area is 89.1 Å². The van der Waals surface area contributed by atoms with E-state index in [4.69, 9.17) is 21.1 Å². The third-order valence-electron chi connectivity index (χ3n) is 2.37. The molecule has 1 amide bonds. The van der Waals surface area contributed by atoms with E-state index in [0.717, 1.165) is 0 Å². The first-order chi connectivity index (χ1) is 6.72. The first-order valence-corrected chi connectivity index (χ1v) is 5.24. The summed E-state index contributed by atoms with van der Waals surface area (Å²) in [6, 6.07) is 0. The van der Waals surface area contributed by atoms with Crippen LogP contribution in [0.25, 0.3) is 0 Å². The molecule has 0 spiro atoms. The average molecular weight is 222 g/mol. The number of amides is 1. The van der Waals surface area contributed by atoms with Crippen LogP contribution in [-0.2, 0) is 14.3 Å². The zero-order valence-electron chi connectivity index (χ0n) is 8.53. The first-order valence-electron chi connectivity index (χ1n) is 4.71. The summed E-state index contributed by atoms with van der Waals surface area (Å²) in [4.78, 5) is 13.0. The molecular weight excluding hydrogens is 206 g/mol. The van der Waals surface area contributed by atoms with Gasteiger partial charge in [0.15, 0.2) is 0 Å². The maximum atomic E-state index is 11.3. The summed E-state index contributed by atoms with van der Waals surface area (Å²) in [6.07, 6.45) is -0.0423. The summed E-state index contributed by atoms with van der Waals surface area (Å²) in [5.74, 6) is -0.0362. The number of hydrogen-bond donors (Lipinski definition) is 0. The topological polar surface area (TPSA) is 38.8 Å². The van der Waals surface area contributed by atoms with Crippen LogP contribution in [0.3, 0.4) is 0 Å². The van der Waals surface area contributed by atoms with Gasteiger partial charge in [0.1, 0.15) is 18.1 Å². The summed E-state index contributed by atoms with van der Waals surface area (Å²) in [5.41, 5.74) is 0. The number of hydrogen-bond acceptors (Lipinski definition) is 3. The van der Waals surface area contributed by atoms with Crippen LogP contribution in [0.4, 0.5) is 0 Å². The van der Waals surface area contributed by atoms with Crippen LogP contribution >= 0.6 is 11.6 Å². The molecule has 1 saturated heterocycles. The normalized spacial score (nSPS) is 26.9. The number of alkyl halides is 1. The zero-order chi connectivity index (χ0) is 10.6. The van der Waals surface area contributed by atoms with E-state index in [1.807, 2.05) is 6.92 Å². The molecule has 0 unspecified atom stereocenters. The van der Waals surface area contributed by atoms with Gasteiger partial charge in [-0.15, -0.1) is 11.6 Å². The molecule has 0 N–H and O–H groups in total. The largest absolute Gasteiger partial charge is 0.377 e. The van der Waals surface area contributed by atoms with Crippen molar-refractivity contribution in [1.29, 1.82) is 0 Å². The number of ether oxygens (including phenoxy) is 2. The monoisotopic (exact) mass is 221 g/mol. The van der Waals surface area contributed by atoms with Crippen molar-refractivity contribution in [3.05, 3.63) is 0 Å². The Morgan fingerprint density at radius 2 is 2.14 bits per heavy atom. The maximum Gasteiger partial charge on any atom is 0.237 e. The molecule has 0 radical (unpaired) electrons. The molecule has 1 rings (SSSR count). The quantitative estimate of drug-likeness (QED) is 0.649. The van der Waals surface area contributed by atoms with Crippen LogP contribution < -0.4 is 0 Å². The Morgan fingerprint density at radius 1 is 1.50 bits per heavy atom. The van der Waals surface area contributed by atoms with Gasteiger partial charge in [0.2, 0.25) is 5.91 Å². The highest BCUT2D eigenvalue weighted by molar-refractivity contribution is 6.27. The van der Waals surface area contributed by atoms with Gasteiger partial charge in [-0.3, -0.25) is 4.79 Å². The van der Waals surface area contributed by atoms with Gasteiger partial charge in [-0.2, -0.15) is 0 Å². The molecule has 0 aromatic heterocycles. The van der Waals surface area contributed by atoms with Crippen molar-refractivity contribution in [3.8, 4) is 0 Å². The fraction of sp³-hybridized carbons (Fsp3) is 0.889. The molecule has 0 bridgehead atoms. The minimum absolute atomic E-state index is 0.0165. The lowest BCUT2D eigenvalue weighted by Gasteiger charge is -2.15. The molecule has 1 fully saturated rings. The van der Waals surface area contributed by atoms with Crippen molar-refractivity contribution < 1.29 is 14.3 Å². The third-order valence-corrected chi connectivity index (χ3v) is 2.59. The van der Waals surface area contributed by atoms with Crippen molar-refractivity contribution in [2.24, 2.45) is 0 Å². The fourth-order valence-electron chi connectivity index (χ4n) is 1.63. The van der Waals surface area contributed by atoms with E-state index >= 15 is 0 Å². The molecule has 0 aromatic rings. The number of carbonyl (C=O) groups excluding carboxylic acids is 1. The van der Waals surface area contributed by atoms with Crippen molar-refractivity contribution in [2.75, 3.05) is 32.7 Å². The highest BCUT2D eigenvalue weighted by Gasteiger charge is 2.35. The standard InChI is InChI=1S/C9H16ClNO3/c1-3-14-8-6-11(9(12)4-10)5-7(8)13-2/h7-8H,3-6H2,1-2H3/t7-,8-/m1/s1. The van der Waals surface area contributed by atoms with Gasteiger partial charge >= 0.3 is 0 Å². The van der Waals surface area contributed by atoms with Gasteiger partial charge in [0.05, 0.1) is 0 Å². The van der Waals surface area contributed by atoms with E-state index < -0.39 is 0 Å². The average Bonchev–Trinajstić information content (AvgIpc) is 2.60. The summed E-state index contributed by atoms with van der Waals surface area (Å²) >= 11 is 5.47. The van der Waals surface area contributed by atoms with Crippen LogP contribution in [-0.4, -0.2) is 55.7 Å². The number of methoxy groups -OCH3 is 1. The Morgan fingerprint density at radius 3 is 2.64 bits per heavy atom. The highest BCUT2D eigenvalue weighted by atomic mass is 35.5. The van der Waals surface area contributed by atoms with Crippen LogP contribution in [0.2, 0.25) is 0 Å². The van der Waals surface area contributed by atoms with Crippen molar-refractivity contribution in [1.82, 2.24) is 4.90 Å². The minimum atomic E-state index is -0.0593. The summed E-state index contributed by atoms with van der Waals surface area (Å²) < 4.78 is 10.7. The predicted octanol–water partition coefficient (Wildman–Crippen LogP) is 0.487. The van der Waals surface area contributed by atoms with Crippen molar-refractivity contribution in [3.63, 3.8) is 0 Å². The Bertz CT molecular complexity index is 200. The Kier molecular flexibility index (Phi) is 4.65. The Balaban J connectivity index is 2.51. The lowest BCUT2D eigenvalue weighted by Crippen LogP contribution is -2.30. The number of carbonyl (C=O) groups is 1. The van der Waals surface area contributed by atoms with E-state index in [9.17, 15) is 4.79 Å². The predicted molar refractivity (Wildman–Crippen MR) is 53.5 cm³/mol. The van der Waals surface area contributed by atoms with Gasteiger partial charge in [0.25, 0.3) is 0 Å². The molecule has 1 heterocycles. The van der Waals surface area contributed by atoms with Gasteiger partial charge in [-0.25, -0.2) is 0 Å². The number of halogens is 1. The molecular formula is C9H16ClNO3. The second-order valence-electron chi connectivity index (χ2n) is 3.20. The van der Waals surface area contributed by atoms with E-state index in [-0.39, 0.29) is 24.0 Å². The molecule has 0 saturated carbocycles. The summed E-state index contributed by atoms with van der Waals surface area (Å²) in [6.45, 7) is 3.72. The lowest BCUT2D eigenvalue weighted by atomic mass is 10.2. The third kappa shape index (κ3) is 2.59. The molecule has 0 aromatic carbocycles. The molecule has 5 heteroatoms. The second-order valence-corrected chi connectivity index (χ2v) is 3.47. The fourth-order valence-corrected chi connectivity index (χ4v) is 1.80. The second kappa shape index (κ2) is 5.53. The van der Waals surface area contributed by atoms with E-state index in [0.29, 0.717) is 19.7 Å². The molecule has 4 nitrogen and oxygen atoms in total. The molecule has 82 valence electrons. The number of nitrogens with zero attached hydrogens (tertiary/aromatic N) is 1. The summed E-state index contributed by atoms with van der Waals surface area (Å²) in [7, 11) is 1.63. The summed E-state index contributed by atoms with van der Waals surface area (Å²) in [5, 5.41) is 0. The van der Waals surface area contributed by atoms with Gasteiger partial charge in [-0.05, 0) is 6.92 Å². The highest BCUT2D eigenvalue weighted by Crippen LogP contribution is 2.16.